The predicted molar refractivity (Wildman–Crippen MR) is 55.1 cm³/mol. The van der Waals surface area contributed by atoms with Crippen molar-refractivity contribution in [2.75, 3.05) is 0 Å². The molecule has 1 aliphatic heterocycles. The van der Waals surface area contributed by atoms with Crippen molar-refractivity contribution in [1.29, 1.82) is 0 Å². The van der Waals surface area contributed by atoms with E-state index in [1.54, 1.807) is 6.08 Å². The van der Waals surface area contributed by atoms with Gasteiger partial charge in [0.1, 0.15) is 5.60 Å². The zero-order valence-electron chi connectivity index (χ0n) is 8.95. The molecule has 0 aromatic rings. The maximum absolute atomic E-state index is 11.5. The van der Waals surface area contributed by atoms with Gasteiger partial charge < -0.3 is 4.74 Å². The van der Waals surface area contributed by atoms with E-state index in [1.807, 2.05) is 13.8 Å². The molecule has 0 saturated carbocycles. The Morgan fingerprint density at radius 3 is 2.80 bits per heavy atom. The minimum Gasteiger partial charge on any atom is -0.450 e. The fraction of sp³-hybridized carbons (Fsp3) is 0.500. The monoisotopic (exact) mass is 206 g/mol. The average Bonchev–Trinajstić information content (AvgIpc) is 2.42. The second-order valence-corrected chi connectivity index (χ2v) is 4.48. The Bertz CT molecular complexity index is 378. The molecule has 0 bridgehead atoms. The minimum atomic E-state index is -0.637. The lowest BCUT2D eigenvalue weighted by Crippen LogP contribution is -2.42. The van der Waals surface area contributed by atoms with Crippen LogP contribution in [0.25, 0.3) is 0 Å². The molecule has 0 unspecified atom stereocenters. The molecule has 80 valence electrons. The van der Waals surface area contributed by atoms with Gasteiger partial charge >= 0.3 is 5.97 Å². The van der Waals surface area contributed by atoms with Gasteiger partial charge in [-0.15, -0.1) is 0 Å². The number of hydrogen-bond donors (Lipinski definition) is 0. The van der Waals surface area contributed by atoms with Gasteiger partial charge in [-0.25, -0.2) is 4.79 Å². The van der Waals surface area contributed by atoms with Crippen LogP contribution in [0.2, 0.25) is 0 Å². The van der Waals surface area contributed by atoms with E-state index in [1.165, 1.54) is 6.08 Å². The molecule has 0 amide bonds. The van der Waals surface area contributed by atoms with Crippen LogP contribution in [0, 0.1) is 11.8 Å². The van der Waals surface area contributed by atoms with Crippen LogP contribution in [0.15, 0.2) is 24.3 Å². The highest BCUT2D eigenvalue weighted by Crippen LogP contribution is 2.46. The SMILES string of the molecule is C=C1C(=O)O[C@@]2(C(C)C)C=CC(=O)C[C@@H]12. The van der Waals surface area contributed by atoms with Crippen LogP contribution in [0.4, 0.5) is 0 Å². The molecule has 1 aliphatic carbocycles. The summed E-state index contributed by atoms with van der Waals surface area (Å²) in [6, 6.07) is 0. The number of ketones is 1. The van der Waals surface area contributed by atoms with E-state index in [0.717, 1.165) is 0 Å². The van der Waals surface area contributed by atoms with Crippen LogP contribution < -0.4 is 0 Å². The summed E-state index contributed by atoms with van der Waals surface area (Å²) in [6.45, 7) is 7.69. The summed E-state index contributed by atoms with van der Waals surface area (Å²) >= 11 is 0. The first-order chi connectivity index (χ1) is 6.97. The van der Waals surface area contributed by atoms with Gasteiger partial charge in [0.2, 0.25) is 0 Å². The van der Waals surface area contributed by atoms with Gasteiger partial charge in [0.05, 0.1) is 0 Å². The smallest absolute Gasteiger partial charge is 0.334 e. The number of hydrogen-bond acceptors (Lipinski definition) is 3. The van der Waals surface area contributed by atoms with Gasteiger partial charge in [-0.05, 0) is 18.1 Å². The summed E-state index contributed by atoms with van der Waals surface area (Å²) in [5.41, 5.74) is -0.205. The average molecular weight is 206 g/mol. The summed E-state index contributed by atoms with van der Waals surface area (Å²) in [5.74, 6) is -0.360. The first kappa shape index (κ1) is 10.1. The molecule has 3 nitrogen and oxygen atoms in total. The molecule has 0 spiro atoms. The summed E-state index contributed by atoms with van der Waals surface area (Å²) in [5, 5.41) is 0. The first-order valence-corrected chi connectivity index (χ1v) is 5.11. The van der Waals surface area contributed by atoms with Gasteiger partial charge in [0.15, 0.2) is 5.78 Å². The standard InChI is InChI=1S/C12H14O3/c1-7(2)12-5-4-9(13)6-10(12)8(3)11(14)15-12/h4-5,7,10H,3,6H2,1-2H3/t10-,12+/m0/s1. The molecule has 1 saturated heterocycles. The number of carbonyl (C=O) groups is 2. The first-order valence-electron chi connectivity index (χ1n) is 5.11. The third kappa shape index (κ3) is 1.26. The maximum atomic E-state index is 11.5. The Labute approximate surface area is 88.8 Å². The highest BCUT2D eigenvalue weighted by molar-refractivity contribution is 5.98. The van der Waals surface area contributed by atoms with Gasteiger partial charge in [-0.3, -0.25) is 4.79 Å². The Morgan fingerprint density at radius 1 is 1.53 bits per heavy atom. The lowest BCUT2D eigenvalue weighted by molar-refractivity contribution is -0.148. The van der Waals surface area contributed by atoms with Crippen molar-refractivity contribution in [2.45, 2.75) is 25.9 Å². The van der Waals surface area contributed by atoms with Crippen LogP contribution in [-0.4, -0.2) is 17.4 Å². The minimum absolute atomic E-state index is 0.0377. The zero-order valence-corrected chi connectivity index (χ0v) is 8.95. The molecule has 15 heavy (non-hydrogen) atoms. The van der Waals surface area contributed by atoms with Gasteiger partial charge in [0.25, 0.3) is 0 Å². The van der Waals surface area contributed by atoms with E-state index in [-0.39, 0.29) is 23.6 Å². The second-order valence-electron chi connectivity index (χ2n) is 4.48. The number of rotatable bonds is 1. The molecule has 2 rings (SSSR count). The number of allylic oxidation sites excluding steroid dienone is 1. The lowest BCUT2D eigenvalue weighted by atomic mass is 9.72. The van der Waals surface area contributed by atoms with E-state index in [2.05, 4.69) is 6.58 Å². The van der Waals surface area contributed by atoms with Crippen LogP contribution in [-0.2, 0) is 14.3 Å². The van der Waals surface area contributed by atoms with Gasteiger partial charge in [0, 0.05) is 17.9 Å². The van der Waals surface area contributed by atoms with Crippen molar-refractivity contribution in [1.82, 2.24) is 0 Å². The third-order valence-corrected chi connectivity index (χ3v) is 3.33. The topological polar surface area (TPSA) is 43.4 Å². The molecule has 0 radical (unpaired) electrons. The van der Waals surface area contributed by atoms with Crippen molar-refractivity contribution in [3.05, 3.63) is 24.3 Å². The normalized spacial score (nSPS) is 34.6. The molecule has 2 atom stereocenters. The van der Waals surface area contributed by atoms with E-state index < -0.39 is 5.60 Å². The summed E-state index contributed by atoms with van der Waals surface area (Å²) in [7, 11) is 0. The summed E-state index contributed by atoms with van der Waals surface area (Å²) in [4.78, 5) is 22.8. The Balaban J connectivity index is 2.49. The lowest BCUT2D eigenvalue weighted by Gasteiger charge is -2.36. The van der Waals surface area contributed by atoms with Crippen molar-refractivity contribution in [3.63, 3.8) is 0 Å². The largest absolute Gasteiger partial charge is 0.450 e. The van der Waals surface area contributed by atoms with E-state index in [4.69, 9.17) is 4.74 Å². The van der Waals surface area contributed by atoms with Crippen molar-refractivity contribution in [2.24, 2.45) is 11.8 Å². The van der Waals surface area contributed by atoms with Crippen LogP contribution in [0.3, 0.4) is 0 Å². The summed E-state index contributed by atoms with van der Waals surface area (Å²) in [6.07, 6.45) is 3.58. The second kappa shape index (κ2) is 3.05. The zero-order chi connectivity index (χ0) is 11.2. The maximum Gasteiger partial charge on any atom is 0.334 e. The molecule has 1 fully saturated rings. The fourth-order valence-corrected chi connectivity index (χ4v) is 2.35. The van der Waals surface area contributed by atoms with E-state index >= 15 is 0 Å². The number of carbonyl (C=O) groups excluding carboxylic acids is 2. The Kier molecular flexibility index (Phi) is 2.07. The molecule has 0 N–H and O–H groups in total. The molecule has 2 aliphatic rings. The number of fused-ring (bicyclic) bond motifs is 1. The fourth-order valence-electron chi connectivity index (χ4n) is 2.35. The summed E-state index contributed by atoms with van der Waals surface area (Å²) < 4.78 is 5.40. The molecule has 0 aromatic heterocycles. The van der Waals surface area contributed by atoms with E-state index in [9.17, 15) is 9.59 Å². The molecule has 3 heteroatoms. The Morgan fingerprint density at radius 2 is 2.20 bits per heavy atom. The van der Waals surface area contributed by atoms with E-state index in [0.29, 0.717) is 12.0 Å². The molecular formula is C12H14O3. The van der Waals surface area contributed by atoms with Gasteiger partial charge in [-0.1, -0.05) is 20.4 Å². The highest BCUT2D eigenvalue weighted by Gasteiger charge is 2.54. The van der Waals surface area contributed by atoms with Crippen molar-refractivity contribution in [3.8, 4) is 0 Å². The molecule has 0 aromatic carbocycles. The van der Waals surface area contributed by atoms with Crippen LogP contribution in [0.1, 0.15) is 20.3 Å². The number of ether oxygens (including phenoxy) is 1. The molecular weight excluding hydrogens is 192 g/mol. The quantitative estimate of drug-likeness (QED) is 0.484. The highest BCUT2D eigenvalue weighted by atomic mass is 16.6. The molecule has 1 heterocycles. The van der Waals surface area contributed by atoms with Crippen molar-refractivity contribution >= 4 is 11.8 Å². The third-order valence-electron chi connectivity index (χ3n) is 3.33. The predicted octanol–water partition coefficient (Wildman–Crippen LogP) is 1.64. The van der Waals surface area contributed by atoms with Gasteiger partial charge in [-0.2, -0.15) is 0 Å². The van der Waals surface area contributed by atoms with Crippen LogP contribution >= 0.6 is 0 Å². The van der Waals surface area contributed by atoms with Crippen LogP contribution in [0.5, 0.6) is 0 Å². The number of esters is 1. The Hall–Kier alpha value is -1.38. The van der Waals surface area contributed by atoms with Crippen molar-refractivity contribution < 1.29 is 14.3 Å².